The number of ether oxygens (including phenoxy) is 1. The molecule has 0 saturated heterocycles. The highest BCUT2D eigenvalue weighted by molar-refractivity contribution is 7.99. The molecule has 3 aromatic rings. The molecule has 9 heteroatoms. The van der Waals surface area contributed by atoms with E-state index in [0.29, 0.717) is 33.8 Å². The number of nitrogens with one attached hydrogen (secondary N) is 3. The lowest BCUT2D eigenvalue weighted by molar-refractivity contribution is -0.117. The molecule has 1 aliphatic carbocycles. The second-order valence-electron chi connectivity index (χ2n) is 8.51. The van der Waals surface area contributed by atoms with Gasteiger partial charge in [0.1, 0.15) is 5.82 Å². The van der Waals surface area contributed by atoms with Crippen LogP contribution in [-0.2, 0) is 4.79 Å². The van der Waals surface area contributed by atoms with Crippen molar-refractivity contribution < 1.29 is 14.3 Å². The van der Waals surface area contributed by atoms with Crippen LogP contribution in [0.2, 0.25) is 0 Å². The largest absolute Gasteiger partial charge is 0.494 e. The van der Waals surface area contributed by atoms with Gasteiger partial charge >= 0.3 is 0 Å². The maximum Gasteiger partial charge on any atom is 0.254 e. The molecule has 8 nitrogen and oxygen atoms in total. The number of hydrogen-bond acceptors (Lipinski definition) is 7. The van der Waals surface area contributed by atoms with Crippen LogP contribution in [0, 0.1) is 5.92 Å². The molecule has 1 aromatic carbocycles. The van der Waals surface area contributed by atoms with Gasteiger partial charge in [-0.15, -0.1) is 11.8 Å². The van der Waals surface area contributed by atoms with Gasteiger partial charge in [0.05, 0.1) is 29.7 Å². The first kappa shape index (κ1) is 24.5. The van der Waals surface area contributed by atoms with Crippen molar-refractivity contribution in [3.63, 3.8) is 0 Å². The number of anilines is 3. The molecule has 0 unspecified atom stereocenters. The van der Waals surface area contributed by atoms with Crippen LogP contribution < -0.4 is 20.7 Å². The Morgan fingerprint density at radius 3 is 2.51 bits per heavy atom. The van der Waals surface area contributed by atoms with E-state index in [1.54, 1.807) is 32.0 Å². The molecule has 2 amide bonds. The summed E-state index contributed by atoms with van der Waals surface area (Å²) in [5.74, 6) is 0.664. The van der Waals surface area contributed by atoms with Crippen LogP contribution in [0.5, 0.6) is 5.75 Å². The zero-order valence-electron chi connectivity index (χ0n) is 20.2. The highest BCUT2D eigenvalue weighted by Crippen LogP contribution is 2.38. The molecule has 2 heterocycles. The lowest BCUT2D eigenvalue weighted by Gasteiger charge is -2.17. The number of benzene rings is 1. The molecular weight excluding hydrogens is 462 g/mol. The topological polar surface area (TPSA) is 105 Å². The number of methoxy groups -OCH3 is 1. The van der Waals surface area contributed by atoms with Crippen LogP contribution in [0.4, 0.5) is 17.2 Å². The molecular formula is C26H29N5O3S. The Hall–Kier alpha value is -3.59. The van der Waals surface area contributed by atoms with Crippen molar-refractivity contribution in [3.8, 4) is 17.0 Å². The average Bonchev–Trinajstić information content (AvgIpc) is 3.69. The fourth-order valence-electron chi connectivity index (χ4n) is 3.60. The van der Waals surface area contributed by atoms with Crippen molar-refractivity contribution in [1.82, 2.24) is 15.3 Å². The lowest BCUT2D eigenvalue weighted by Crippen LogP contribution is -2.20. The second-order valence-corrected chi connectivity index (χ2v) is 10.2. The van der Waals surface area contributed by atoms with E-state index >= 15 is 0 Å². The number of rotatable bonds is 9. The number of para-hydroxylation sites is 1. The third-order valence-corrected chi connectivity index (χ3v) is 6.43. The summed E-state index contributed by atoms with van der Waals surface area (Å²) >= 11 is 1.75. The Balaban J connectivity index is 1.67. The molecule has 0 bridgehead atoms. The Labute approximate surface area is 209 Å². The number of nitrogens with zero attached hydrogens (tertiary/aromatic N) is 2. The van der Waals surface area contributed by atoms with E-state index in [4.69, 9.17) is 4.74 Å². The Morgan fingerprint density at radius 2 is 1.89 bits per heavy atom. The molecule has 35 heavy (non-hydrogen) atoms. The van der Waals surface area contributed by atoms with Gasteiger partial charge in [0, 0.05) is 47.1 Å². The number of carbonyl (C=O) groups is 2. The number of carbonyl (C=O) groups excluding carboxylic acids is 2. The molecule has 0 radical (unpaired) electrons. The Kier molecular flexibility index (Phi) is 7.55. The first-order valence-electron chi connectivity index (χ1n) is 11.5. The molecule has 1 saturated carbocycles. The van der Waals surface area contributed by atoms with Gasteiger partial charge in [-0.3, -0.25) is 14.6 Å². The van der Waals surface area contributed by atoms with E-state index in [1.165, 1.54) is 6.20 Å². The molecule has 182 valence electrons. The Morgan fingerprint density at radius 1 is 1.09 bits per heavy atom. The number of pyridine rings is 2. The molecule has 3 N–H and O–H groups in total. The summed E-state index contributed by atoms with van der Waals surface area (Å²) in [6.45, 7) is 4.29. The van der Waals surface area contributed by atoms with Gasteiger partial charge in [0.15, 0.2) is 5.75 Å². The summed E-state index contributed by atoms with van der Waals surface area (Å²) in [4.78, 5) is 34.7. The van der Waals surface area contributed by atoms with Crippen LogP contribution in [-0.4, -0.2) is 41.2 Å². The van der Waals surface area contributed by atoms with Gasteiger partial charge in [-0.05, 0) is 37.1 Å². The molecule has 0 spiro atoms. The Bertz CT molecular complexity index is 1230. The molecule has 2 aromatic heterocycles. The standard InChI is InChI=1S/C26H29N5O3S/c1-15(2)35-17-10-11-20(28-13-17)18-6-5-7-21(24(18)34-4)30-22-12-23(31-25(32)16-8-9-16)29-14-19(22)26(33)27-3/h5-7,10-16H,8-9H2,1-4H3,(H,27,33)(H2,29,30,31,32). The summed E-state index contributed by atoms with van der Waals surface area (Å²) in [6.07, 6.45) is 5.10. The lowest BCUT2D eigenvalue weighted by atomic mass is 10.1. The van der Waals surface area contributed by atoms with Crippen molar-refractivity contribution in [1.29, 1.82) is 0 Å². The maximum absolute atomic E-state index is 12.5. The fraction of sp³-hybridized carbons (Fsp3) is 0.308. The van der Waals surface area contributed by atoms with Crippen LogP contribution in [0.3, 0.4) is 0 Å². The highest BCUT2D eigenvalue weighted by atomic mass is 32.2. The number of amides is 2. The van der Waals surface area contributed by atoms with Gasteiger partial charge in [-0.1, -0.05) is 19.9 Å². The molecule has 1 fully saturated rings. The van der Waals surface area contributed by atoms with Crippen LogP contribution in [0.15, 0.2) is 53.7 Å². The predicted molar refractivity (Wildman–Crippen MR) is 139 cm³/mol. The van der Waals surface area contributed by atoms with E-state index < -0.39 is 0 Å². The molecule has 4 rings (SSSR count). The first-order chi connectivity index (χ1) is 16.9. The third-order valence-electron chi connectivity index (χ3n) is 5.45. The number of thioether (sulfide) groups is 1. The van der Waals surface area contributed by atoms with Crippen LogP contribution in [0.25, 0.3) is 11.3 Å². The first-order valence-corrected chi connectivity index (χ1v) is 12.4. The normalized spacial score (nSPS) is 12.8. The van der Waals surface area contributed by atoms with E-state index in [9.17, 15) is 9.59 Å². The summed E-state index contributed by atoms with van der Waals surface area (Å²) in [7, 11) is 3.16. The highest BCUT2D eigenvalue weighted by Gasteiger charge is 2.30. The van der Waals surface area contributed by atoms with Crippen molar-refractivity contribution in [3.05, 3.63) is 54.4 Å². The molecule has 1 aliphatic rings. The minimum atomic E-state index is -0.296. The van der Waals surface area contributed by atoms with Gasteiger partial charge in [0.25, 0.3) is 5.91 Å². The van der Waals surface area contributed by atoms with Crippen molar-refractivity contribution in [2.24, 2.45) is 5.92 Å². The monoisotopic (exact) mass is 491 g/mol. The number of aromatic nitrogens is 2. The van der Waals surface area contributed by atoms with E-state index in [2.05, 4.69) is 39.8 Å². The molecule has 0 aliphatic heterocycles. The smallest absolute Gasteiger partial charge is 0.254 e. The van der Waals surface area contributed by atoms with Gasteiger partial charge in [-0.2, -0.15) is 0 Å². The predicted octanol–water partition coefficient (Wildman–Crippen LogP) is 5.10. The van der Waals surface area contributed by atoms with Gasteiger partial charge in [0.2, 0.25) is 5.91 Å². The fourth-order valence-corrected chi connectivity index (χ4v) is 4.40. The van der Waals surface area contributed by atoms with Gasteiger partial charge in [-0.25, -0.2) is 4.98 Å². The van der Waals surface area contributed by atoms with Gasteiger partial charge < -0.3 is 20.7 Å². The minimum absolute atomic E-state index is 0.0430. The summed E-state index contributed by atoms with van der Waals surface area (Å²) in [5.41, 5.74) is 3.09. The molecule has 0 atom stereocenters. The van der Waals surface area contributed by atoms with Crippen molar-refractivity contribution in [2.75, 3.05) is 24.8 Å². The summed E-state index contributed by atoms with van der Waals surface area (Å²) < 4.78 is 5.77. The van der Waals surface area contributed by atoms with Crippen molar-refractivity contribution in [2.45, 2.75) is 36.8 Å². The zero-order valence-corrected chi connectivity index (χ0v) is 21.0. The number of hydrogen-bond donors (Lipinski definition) is 3. The third kappa shape index (κ3) is 5.92. The second kappa shape index (κ2) is 10.8. The van der Waals surface area contributed by atoms with E-state index in [0.717, 1.165) is 29.0 Å². The van der Waals surface area contributed by atoms with Crippen LogP contribution in [0.1, 0.15) is 37.0 Å². The van der Waals surface area contributed by atoms with Crippen molar-refractivity contribution >= 4 is 40.8 Å². The van der Waals surface area contributed by atoms with Crippen LogP contribution >= 0.6 is 11.8 Å². The maximum atomic E-state index is 12.5. The zero-order chi connectivity index (χ0) is 24.9. The minimum Gasteiger partial charge on any atom is -0.494 e. The average molecular weight is 492 g/mol. The SMILES string of the molecule is CNC(=O)c1cnc(NC(=O)C2CC2)cc1Nc1cccc(-c2ccc(SC(C)C)cn2)c1OC. The summed E-state index contributed by atoms with van der Waals surface area (Å²) in [5, 5.41) is 9.24. The quantitative estimate of drug-likeness (QED) is 0.358. The summed E-state index contributed by atoms with van der Waals surface area (Å²) in [6, 6.07) is 11.4. The van der Waals surface area contributed by atoms with E-state index in [1.807, 2.05) is 36.5 Å². The van der Waals surface area contributed by atoms with E-state index in [-0.39, 0.29) is 17.7 Å².